The summed E-state index contributed by atoms with van der Waals surface area (Å²) in [5, 5.41) is 0. The number of hydrogen-bond donors (Lipinski definition) is 2. The average molecular weight is 305 g/mol. The SMILES string of the molecule is CCCC1CC(C(=O)N(Cc2ccc(F)cc2)C2CC2)NN1. The van der Waals surface area contributed by atoms with Gasteiger partial charge in [-0.05, 0) is 43.4 Å². The van der Waals surface area contributed by atoms with Crippen LogP contribution in [0.3, 0.4) is 0 Å². The summed E-state index contributed by atoms with van der Waals surface area (Å²) >= 11 is 0. The summed E-state index contributed by atoms with van der Waals surface area (Å²) in [6, 6.07) is 7.03. The monoisotopic (exact) mass is 305 g/mol. The Hall–Kier alpha value is -1.46. The lowest BCUT2D eigenvalue weighted by Crippen LogP contribution is -2.46. The molecule has 0 bridgehead atoms. The Morgan fingerprint density at radius 2 is 2.00 bits per heavy atom. The number of nitrogens with zero attached hydrogens (tertiary/aromatic N) is 1. The largest absolute Gasteiger partial charge is 0.334 e. The van der Waals surface area contributed by atoms with Crippen LogP contribution in [-0.4, -0.2) is 28.9 Å². The lowest BCUT2D eigenvalue weighted by molar-refractivity contribution is -0.134. The van der Waals surface area contributed by atoms with Crippen LogP contribution >= 0.6 is 0 Å². The molecule has 1 aliphatic heterocycles. The molecule has 1 aliphatic carbocycles. The van der Waals surface area contributed by atoms with E-state index in [1.165, 1.54) is 12.1 Å². The number of hydrogen-bond acceptors (Lipinski definition) is 3. The number of amides is 1. The van der Waals surface area contributed by atoms with Crippen molar-refractivity contribution < 1.29 is 9.18 Å². The molecule has 0 aromatic heterocycles. The molecule has 0 spiro atoms. The van der Waals surface area contributed by atoms with Gasteiger partial charge in [0.2, 0.25) is 5.91 Å². The molecule has 1 aromatic rings. The zero-order chi connectivity index (χ0) is 15.5. The van der Waals surface area contributed by atoms with Gasteiger partial charge < -0.3 is 4.90 Å². The van der Waals surface area contributed by atoms with E-state index in [0.29, 0.717) is 18.6 Å². The number of rotatable bonds is 6. The topological polar surface area (TPSA) is 44.4 Å². The van der Waals surface area contributed by atoms with E-state index in [1.54, 1.807) is 12.1 Å². The maximum absolute atomic E-state index is 13.0. The maximum Gasteiger partial charge on any atom is 0.241 e. The minimum Gasteiger partial charge on any atom is -0.334 e. The number of carbonyl (C=O) groups is 1. The molecule has 5 heteroatoms. The van der Waals surface area contributed by atoms with Crippen LogP contribution in [0.1, 0.15) is 44.6 Å². The van der Waals surface area contributed by atoms with Gasteiger partial charge in [0.1, 0.15) is 11.9 Å². The molecule has 22 heavy (non-hydrogen) atoms. The van der Waals surface area contributed by atoms with Crippen molar-refractivity contribution in [3.63, 3.8) is 0 Å². The van der Waals surface area contributed by atoms with Gasteiger partial charge in [0.05, 0.1) is 0 Å². The molecule has 0 radical (unpaired) electrons. The van der Waals surface area contributed by atoms with E-state index >= 15 is 0 Å². The molecule has 1 saturated carbocycles. The smallest absolute Gasteiger partial charge is 0.241 e. The zero-order valence-electron chi connectivity index (χ0n) is 13.0. The highest BCUT2D eigenvalue weighted by Crippen LogP contribution is 2.30. The first-order chi connectivity index (χ1) is 10.7. The van der Waals surface area contributed by atoms with E-state index in [1.807, 2.05) is 4.90 Å². The summed E-state index contributed by atoms with van der Waals surface area (Å²) < 4.78 is 13.0. The molecule has 2 aliphatic rings. The van der Waals surface area contributed by atoms with E-state index in [0.717, 1.165) is 37.7 Å². The zero-order valence-corrected chi connectivity index (χ0v) is 13.0. The second kappa shape index (κ2) is 6.75. The highest BCUT2D eigenvalue weighted by molar-refractivity contribution is 5.82. The molecule has 1 amide bonds. The van der Waals surface area contributed by atoms with Crippen LogP contribution in [0.25, 0.3) is 0 Å². The van der Waals surface area contributed by atoms with Crippen LogP contribution < -0.4 is 10.9 Å². The van der Waals surface area contributed by atoms with Gasteiger partial charge >= 0.3 is 0 Å². The summed E-state index contributed by atoms with van der Waals surface area (Å²) in [6.07, 6.45) is 5.19. The van der Waals surface area contributed by atoms with Crippen LogP contribution in [0.5, 0.6) is 0 Å². The highest BCUT2D eigenvalue weighted by Gasteiger charge is 2.38. The van der Waals surface area contributed by atoms with Crippen molar-refractivity contribution >= 4 is 5.91 Å². The third-order valence-electron chi connectivity index (χ3n) is 4.45. The van der Waals surface area contributed by atoms with E-state index in [9.17, 15) is 9.18 Å². The summed E-state index contributed by atoms with van der Waals surface area (Å²) in [5.41, 5.74) is 7.36. The average Bonchev–Trinajstić information content (AvgIpc) is 3.25. The molecule has 2 atom stereocenters. The molecule has 1 aromatic carbocycles. The molecule has 1 heterocycles. The van der Waals surface area contributed by atoms with Gasteiger partial charge in [-0.25, -0.2) is 9.82 Å². The van der Waals surface area contributed by atoms with Crippen LogP contribution in [-0.2, 0) is 11.3 Å². The molecular formula is C17H24FN3O. The van der Waals surface area contributed by atoms with Gasteiger partial charge in [-0.1, -0.05) is 25.5 Å². The summed E-state index contributed by atoms with van der Waals surface area (Å²) in [7, 11) is 0. The van der Waals surface area contributed by atoms with Crippen molar-refractivity contribution in [3.8, 4) is 0 Å². The highest BCUT2D eigenvalue weighted by atomic mass is 19.1. The Kier molecular flexibility index (Phi) is 4.74. The minimum absolute atomic E-state index is 0.141. The number of halogens is 1. The van der Waals surface area contributed by atoms with Crippen molar-refractivity contribution in [3.05, 3.63) is 35.6 Å². The summed E-state index contributed by atoms with van der Waals surface area (Å²) in [6.45, 7) is 2.72. The Bertz CT molecular complexity index is 515. The number of benzene rings is 1. The third kappa shape index (κ3) is 3.65. The fourth-order valence-corrected chi connectivity index (χ4v) is 3.08. The lowest BCUT2D eigenvalue weighted by Gasteiger charge is -2.25. The summed E-state index contributed by atoms with van der Waals surface area (Å²) in [4.78, 5) is 14.8. The third-order valence-corrected chi connectivity index (χ3v) is 4.45. The number of hydrazine groups is 1. The Morgan fingerprint density at radius 1 is 1.27 bits per heavy atom. The predicted molar refractivity (Wildman–Crippen MR) is 83.3 cm³/mol. The van der Waals surface area contributed by atoms with Crippen molar-refractivity contribution in [1.29, 1.82) is 0 Å². The standard InChI is InChI=1S/C17H24FN3O/c1-2-3-14-10-16(20-19-14)17(22)21(15-8-9-15)11-12-4-6-13(18)7-5-12/h4-7,14-16,19-20H,2-3,8-11H2,1H3. The molecule has 2 N–H and O–H groups in total. The molecule has 2 fully saturated rings. The normalized spacial score (nSPS) is 24.5. The molecule has 120 valence electrons. The van der Waals surface area contributed by atoms with Gasteiger partial charge in [0.25, 0.3) is 0 Å². The summed E-state index contributed by atoms with van der Waals surface area (Å²) in [5.74, 6) is -0.0740. The molecule has 1 saturated heterocycles. The first-order valence-corrected chi connectivity index (χ1v) is 8.23. The van der Waals surface area contributed by atoms with Gasteiger partial charge in [-0.2, -0.15) is 0 Å². The van der Waals surface area contributed by atoms with Crippen LogP contribution in [0.4, 0.5) is 4.39 Å². The number of carbonyl (C=O) groups excluding carboxylic acids is 1. The first kappa shape index (κ1) is 15.4. The Morgan fingerprint density at radius 3 is 2.64 bits per heavy atom. The quantitative estimate of drug-likeness (QED) is 0.848. The molecular weight excluding hydrogens is 281 g/mol. The molecule has 4 nitrogen and oxygen atoms in total. The fourth-order valence-electron chi connectivity index (χ4n) is 3.08. The minimum atomic E-state index is -0.239. The van der Waals surface area contributed by atoms with Crippen molar-refractivity contribution in [2.45, 2.75) is 63.7 Å². The van der Waals surface area contributed by atoms with Gasteiger partial charge in [0.15, 0.2) is 0 Å². The van der Waals surface area contributed by atoms with E-state index in [-0.39, 0.29) is 17.8 Å². The van der Waals surface area contributed by atoms with Crippen molar-refractivity contribution in [2.24, 2.45) is 0 Å². The van der Waals surface area contributed by atoms with Crippen molar-refractivity contribution in [1.82, 2.24) is 15.8 Å². The van der Waals surface area contributed by atoms with Gasteiger partial charge in [0, 0.05) is 18.6 Å². The van der Waals surface area contributed by atoms with Crippen LogP contribution in [0, 0.1) is 5.82 Å². The van der Waals surface area contributed by atoms with Gasteiger partial charge in [-0.15, -0.1) is 0 Å². The van der Waals surface area contributed by atoms with Crippen LogP contribution in [0.2, 0.25) is 0 Å². The van der Waals surface area contributed by atoms with E-state index in [2.05, 4.69) is 17.8 Å². The lowest BCUT2D eigenvalue weighted by atomic mass is 10.0. The van der Waals surface area contributed by atoms with E-state index < -0.39 is 0 Å². The molecule has 2 unspecified atom stereocenters. The van der Waals surface area contributed by atoms with Crippen LogP contribution in [0.15, 0.2) is 24.3 Å². The second-order valence-electron chi connectivity index (χ2n) is 6.39. The first-order valence-electron chi connectivity index (χ1n) is 8.23. The maximum atomic E-state index is 13.0. The Balaban J connectivity index is 1.63. The molecule has 3 rings (SSSR count). The fraction of sp³-hybridized carbons (Fsp3) is 0.588. The van der Waals surface area contributed by atoms with E-state index in [4.69, 9.17) is 0 Å². The Labute approximate surface area is 131 Å². The van der Waals surface area contributed by atoms with Crippen molar-refractivity contribution in [2.75, 3.05) is 0 Å². The van der Waals surface area contributed by atoms with Gasteiger partial charge in [-0.3, -0.25) is 10.2 Å². The number of nitrogens with one attached hydrogen (secondary N) is 2. The predicted octanol–water partition coefficient (Wildman–Crippen LogP) is 2.35. The second-order valence-corrected chi connectivity index (χ2v) is 6.39.